The van der Waals surface area contributed by atoms with Crippen molar-refractivity contribution in [2.45, 2.75) is 32.2 Å². The fourth-order valence-electron chi connectivity index (χ4n) is 3.64. The number of nitrogens with zero attached hydrogens (tertiary/aromatic N) is 1. The highest BCUT2D eigenvalue weighted by molar-refractivity contribution is 5.96. The molecule has 3 N–H and O–H groups in total. The molecule has 1 fully saturated rings. The Bertz CT molecular complexity index is 834. The number of carbonyl (C=O) groups is 3. The number of amides is 3. The molecule has 7 nitrogen and oxygen atoms in total. The van der Waals surface area contributed by atoms with Crippen molar-refractivity contribution in [3.05, 3.63) is 66.0 Å². The highest BCUT2D eigenvalue weighted by atomic mass is 16.2. The molecule has 1 aliphatic carbocycles. The van der Waals surface area contributed by atoms with Gasteiger partial charge in [-0.3, -0.25) is 19.4 Å². The molecule has 0 spiro atoms. The summed E-state index contributed by atoms with van der Waals surface area (Å²) in [6.45, 7) is 1.05. The summed E-state index contributed by atoms with van der Waals surface area (Å²) in [4.78, 5) is 40.3. The van der Waals surface area contributed by atoms with Crippen molar-refractivity contribution in [2.75, 3.05) is 13.1 Å². The summed E-state index contributed by atoms with van der Waals surface area (Å²) < 4.78 is 0. The Kier molecular flexibility index (Phi) is 7.94. The molecule has 0 radical (unpaired) electrons. The zero-order chi connectivity index (χ0) is 21.2. The van der Waals surface area contributed by atoms with Crippen LogP contribution >= 0.6 is 0 Å². The predicted molar refractivity (Wildman–Crippen MR) is 113 cm³/mol. The molecule has 30 heavy (non-hydrogen) atoms. The second kappa shape index (κ2) is 11.1. The molecule has 0 unspecified atom stereocenters. The van der Waals surface area contributed by atoms with Crippen LogP contribution in [0.2, 0.25) is 0 Å². The molecule has 3 rings (SSSR count). The summed E-state index contributed by atoms with van der Waals surface area (Å²) in [5.41, 5.74) is 1.57. The third-order valence-electron chi connectivity index (χ3n) is 5.47. The van der Waals surface area contributed by atoms with Crippen LogP contribution in [0.1, 0.15) is 41.6 Å². The Hall–Kier alpha value is -3.22. The lowest BCUT2D eigenvalue weighted by Gasteiger charge is -2.28. The Balaban J connectivity index is 1.30. The number of hydrogen-bond acceptors (Lipinski definition) is 4. The number of pyridine rings is 1. The molecular weight excluding hydrogens is 380 g/mol. The zero-order valence-corrected chi connectivity index (χ0v) is 17.0. The van der Waals surface area contributed by atoms with E-state index >= 15 is 0 Å². The first-order valence-corrected chi connectivity index (χ1v) is 10.4. The topological polar surface area (TPSA) is 100 Å². The lowest BCUT2D eigenvalue weighted by atomic mass is 9.81. The maximum atomic E-state index is 12.4. The van der Waals surface area contributed by atoms with Gasteiger partial charge in [0.05, 0.1) is 6.54 Å². The van der Waals surface area contributed by atoms with Gasteiger partial charge in [0.15, 0.2) is 0 Å². The van der Waals surface area contributed by atoms with Gasteiger partial charge < -0.3 is 16.0 Å². The Morgan fingerprint density at radius 3 is 2.27 bits per heavy atom. The van der Waals surface area contributed by atoms with Gasteiger partial charge in [-0.2, -0.15) is 0 Å². The molecule has 0 bridgehead atoms. The third kappa shape index (κ3) is 6.69. The van der Waals surface area contributed by atoms with Crippen molar-refractivity contribution in [3.8, 4) is 0 Å². The molecular formula is C23H28N4O3. The molecule has 1 saturated carbocycles. The molecule has 3 amide bonds. The van der Waals surface area contributed by atoms with Gasteiger partial charge in [-0.25, -0.2) is 0 Å². The van der Waals surface area contributed by atoms with E-state index in [9.17, 15) is 14.4 Å². The largest absolute Gasteiger partial charge is 0.354 e. The van der Waals surface area contributed by atoms with Crippen LogP contribution in [0.5, 0.6) is 0 Å². The molecule has 1 aromatic carbocycles. The summed E-state index contributed by atoms with van der Waals surface area (Å²) >= 11 is 0. The van der Waals surface area contributed by atoms with Crippen molar-refractivity contribution in [1.29, 1.82) is 0 Å². The molecule has 0 atom stereocenters. The average molecular weight is 409 g/mol. The Morgan fingerprint density at radius 2 is 1.57 bits per heavy atom. The molecule has 158 valence electrons. The molecule has 1 aromatic heterocycles. The second-order valence-corrected chi connectivity index (χ2v) is 7.64. The molecule has 0 saturated heterocycles. The van der Waals surface area contributed by atoms with Gasteiger partial charge in [0.2, 0.25) is 11.8 Å². The molecule has 0 aliphatic heterocycles. The standard InChI is InChI=1S/C23H28N4O3/c28-21(16-27-22(29)19-4-2-1-3-5-19)25-14-17-6-8-20(9-7-17)23(30)26-15-18-10-12-24-13-11-18/h1-5,10-13,17,20H,6-9,14-16H2,(H,25,28)(H,26,30)(H,27,29). The molecule has 2 aromatic rings. The first-order valence-electron chi connectivity index (χ1n) is 10.4. The predicted octanol–water partition coefficient (Wildman–Crippen LogP) is 2.05. The van der Waals surface area contributed by atoms with Gasteiger partial charge in [-0.15, -0.1) is 0 Å². The van der Waals surface area contributed by atoms with Crippen molar-refractivity contribution in [2.24, 2.45) is 11.8 Å². The number of nitrogens with one attached hydrogen (secondary N) is 3. The van der Waals surface area contributed by atoms with Gasteiger partial charge >= 0.3 is 0 Å². The van der Waals surface area contributed by atoms with E-state index in [0.717, 1.165) is 31.2 Å². The third-order valence-corrected chi connectivity index (χ3v) is 5.47. The first-order chi connectivity index (χ1) is 14.6. The van der Waals surface area contributed by atoms with Crippen LogP contribution in [0, 0.1) is 11.8 Å². The zero-order valence-electron chi connectivity index (χ0n) is 17.0. The Morgan fingerprint density at radius 1 is 0.867 bits per heavy atom. The normalized spacial score (nSPS) is 18.3. The minimum atomic E-state index is -0.260. The maximum Gasteiger partial charge on any atom is 0.251 e. The number of rotatable bonds is 8. The summed E-state index contributed by atoms with van der Waals surface area (Å²) in [7, 11) is 0. The summed E-state index contributed by atoms with van der Waals surface area (Å²) in [6.07, 6.45) is 6.90. The van der Waals surface area contributed by atoms with E-state index in [-0.39, 0.29) is 30.2 Å². The van der Waals surface area contributed by atoms with E-state index in [4.69, 9.17) is 0 Å². The molecule has 1 heterocycles. The van der Waals surface area contributed by atoms with Crippen LogP contribution in [-0.2, 0) is 16.1 Å². The fourth-order valence-corrected chi connectivity index (χ4v) is 3.64. The quantitative estimate of drug-likeness (QED) is 0.622. The summed E-state index contributed by atoms with van der Waals surface area (Å²) in [5.74, 6) is 0.0328. The molecule has 7 heteroatoms. The fraction of sp³-hybridized carbons (Fsp3) is 0.391. The second-order valence-electron chi connectivity index (χ2n) is 7.64. The monoisotopic (exact) mass is 408 g/mol. The summed E-state index contributed by atoms with van der Waals surface area (Å²) in [6, 6.07) is 12.6. The lowest BCUT2D eigenvalue weighted by Crippen LogP contribution is -2.40. The van der Waals surface area contributed by atoms with E-state index in [1.165, 1.54) is 0 Å². The number of aromatic nitrogens is 1. The van der Waals surface area contributed by atoms with E-state index in [1.54, 1.807) is 36.7 Å². The Labute approximate surface area is 176 Å². The minimum absolute atomic E-state index is 0.0314. The van der Waals surface area contributed by atoms with E-state index in [0.29, 0.717) is 24.6 Å². The van der Waals surface area contributed by atoms with E-state index in [1.807, 2.05) is 18.2 Å². The van der Waals surface area contributed by atoms with Crippen LogP contribution in [-0.4, -0.2) is 35.8 Å². The van der Waals surface area contributed by atoms with Gasteiger partial charge in [0.1, 0.15) is 0 Å². The number of hydrogen-bond donors (Lipinski definition) is 3. The van der Waals surface area contributed by atoms with Crippen LogP contribution < -0.4 is 16.0 Å². The van der Waals surface area contributed by atoms with Crippen molar-refractivity contribution in [3.63, 3.8) is 0 Å². The van der Waals surface area contributed by atoms with Gasteiger partial charge in [-0.1, -0.05) is 18.2 Å². The average Bonchev–Trinajstić information content (AvgIpc) is 2.81. The van der Waals surface area contributed by atoms with Crippen LogP contribution in [0.4, 0.5) is 0 Å². The first kappa shape index (κ1) is 21.5. The summed E-state index contributed by atoms with van der Waals surface area (Å²) in [5, 5.41) is 8.52. The van der Waals surface area contributed by atoms with E-state index in [2.05, 4.69) is 20.9 Å². The van der Waals surface area contributed by atoms with Crippen molar-refractivity contribution in [1.82, 2.24) is 20.9 Å². The highest BCUT2D eigenvalue weighted by Crippen LogP contribution is 2.28. The van der Waals surface area contributed by atoms with Crippen LogP contribution in [0.25, 0.3) is 0 Å². The van der Waals surface area contributed by atoms with Gasteiger partial charge in [0, 0.05) is 37.0 Å². The molecule has 1 aliphatic rings. The minimum Gasteiger partial charge on any atom is -0.354 e. The van der Waals surface area contributed by atoms with Crippen LogP contribution in [0.3, 0.4) is 0 Å². The highest BCUT2D eigenvalue weighted by Gasteiger charge is 2.26. The number of benzene rings is 1. The van der Waals surface area contributed by atoms with E-state index < -0.39 is 0 Å². The van der Waals surface area contributed by atoms with Crippen molar-refractivity contribution >= 4 is 17.7 Å². The van der Waals surface area contributed by atoms with Gasteiger partial charge in [0.25, 0.3) is 5.91 Å². The van der Waals surface area contributed by atoms with Crippen LogP contribution in [0.15, 0.2) is 54.9 Å². The van der Waals surface area contributed by atoms with Crippen molar-refractivity contribution < 1.29 is 14.4 Å². The SMILES string of the molecule is O=C(CNC(=O)c1ccccc1)NCC1CCC(C(=O)NCc2ccncc2)CC1. The maximum absolute atomic E-state index is 12.4. The number of carbonyl (C=O) groups excluding carboxylic acids is 3. The van der Waals surface area contributed by atoms with Gasteiger partial charge in [-0.05, 0) is 61.4 Å². The lowest BCUT2D eigenvalue weighted by molar-refractivity contribution is -0.126. The smallest absolute Gasteiger partial charge is 0.251 e.